The van der Waals surface area contributed by atoms with Gasteiger partial charge in [-0.1, -0.05) is 29.2 Å². The number of fused-ring (bicyclic) bond motifs is 1. The number of thioether (sulfide) groups is 2. The van der Waals surface area contributed by atoms with Gasteiger partial charge in [0.05, 0.1) is 0 Å². The topological polar surface area (TPSA) is 135 Å². The first kappa shape index (κ1) is 26.3. The van der Waals surface area contributed by atoms with Crippen molar-refractivity contribution in [2.24, 2.45) is 0 Å². The Morgan fingerprint density at radius 1 is 1.21 bits per heavy atom. The quantitative estimate of drug-likeness (QED) is 0.288. The molecule has 2 aliphatic rings. The van der Waals surface area contributed by atoms with Crippen molar-refractivity contribution >= 4 is 52.6 Å². The van der Waals surface area contributed by atoms with Crippen LogP contribution in [0.3, 0.4) is 0 Å². The van der Waals surface area contributed by atoms with Gasteiger partial charge >= 0.3 is 5.97 Å². The standard InChI is InChI=1S/C25H24N4O6S3/c1-12-6-13(2)8-17(7-12)34-9-16-4-5-18(35-16)21(30)26-19-22(31)29-20(24(32)33)15(10-36-23(19)29)11-37-25-28-27-14(3)38-25/h4-8,19,23H,9-11H2,1-3H3,(H,26,30)(H,32,33)/t19-,23+/m0/s1. The van der Waals surface area contributed by atoms with E-state index in [0.717, 1.165) is 20.5 Å². The van der Waals surface area contributed by atoms with Crippen LogP contribution in [0.1, 0.15) is 32.4 Å². The van der Waals surface area contributed by atoms with Crippen LogP contribution in [0, 0.1) is 20.8 Å². The first-order chi connectivity index (χ1) is 18.2. The van der Waals surface area contributed by atoms with Gasteiger partial charge in [-0.25, -0.2) is 4.79 Å². The number of hydrogen-bond donors (Lipinski definition) is 2. The monoisotopic (exact) mass is 572 g/mol. The number of ether oxygens (including phenoxy) is 1. The van der Waals surface area contributed by atoms with Crippen molar-refractivity contribution in [3.63, 3.8) is 0 Å². The number of aliphatic carboxylic acids is 1. The SMILES string of the molecule is Cc1cc(C)cc(OCc2ccc(C(=O)N[C@H]3C(=O)N4C(C(=O)O)=C(CSc5nnc(C)s5)CS[C@H]34)o2)c1. The summed E-state index contributed by atoms with van der Waals surface area (Å²) in [5, 5.41) is 20.9. The van der Waals surface area contributed by atoms with Gasteiger partial charge in [0.2, 0.25) is 0 Å². The number of aromatic nitrogens is 2. The highest BCUT2D eigenvalue weighted by Crippen LogP contribution is 2.42. The molecular weight excluding hydrogens is 548 g/mol. The van der Waals surface area contributed by atoms with E-state index in [1.807, 2.05) is 39.0 Å². The molecule has 2 aliphatic heterocycles. The normalized spacial score (nSPS) is 18.7. The van der Waals surface area contributed by atoms with Crippen LogP contribution in [0.15, 0.2) is 50.4 Å². The summed E-state index contributed by atoms with van der Waals surface area (Å²) in [6, 6.07) is 8.21. The molecule has 198 valence electrons. The molecule has 13 heteroatoms. The van der Waals surface area contributed by atoms with Crippen LogP contribution in [0.25, 0.3) is 0 Å². The minimum atomic E-state index is -1.17. The van der Waals surface area contributed by atoms with E-state index in [9.17, 15) is 19.5 Å². The van der Waals surface area contributed by atoms with E-state index < -0.39 is 29.2 Å². The van der Waals surface area contributed by atoms with Crippen molar-refractivity contribution in [2.45, 2.75) is 43.1 Å². The molecule has 2 aromatic heterocycles. The number of carbonyl (C=O) groups excluding carboxylic acids is 2. The van der Waals surface area contributed by atoms with Crippen LogP contribution in [0.5, 0.6) is 5.75 Å². The van der Waals surface area contributed by atoms with Crippen molar-refractivity contribution in [1.82, 2.24) is 20.4 Å². The third-order valence-electron chi connectivity index (χ3n) is 5.88. The number of amides is 2. The van der Waals surface area contributed by atoms with E-state index in [0.29, 0.717) is 28.6 Å². The predicted octanol–water partition coefficient (Wildman–Crippen LogP) is 3.78. The Morgan fingerprint density at radius 2 is 1.97 bits per heavy atom. The lowest BCUT2D eigenvalue weighted by atomic mass is 10.0. The summed E-state index contributed by atoms with van der Waals surface area (Å²) in [5.74, 6) is -0.150. The molecule has 38 heavy (non-hydrogen) atoms. The molecule has 0 aliphatic carbocycles. The van der Waals surface area contributed by atoms with Crippen molar-refractivity contribution < 1.29 is 28.6 Å². The Kier molecular flexibility index (Phi) is 7.50. The highest BCUT2D eigenvalue weighted by Gasteiger charge is 2.54. The maximum Gasteiger partial charge on any atom is 0.352 e. The van der Waals surface area contributed by atoms with Gasteiger partial charge in [0, 0.05) is 11.5 Å². The number of nitrogens with one attached hydrogen (secondary N) is 1. The molecule has 2 amide bonds. The summed E-state index contributed by atoms with van der Waals surface area (Å²) < 4.78 is 12.2. The minimum absolute atomic E-state index is 0.0261. The molecule has 5 rings (SSSR count). The van der Waals surface area contributed by atoms with Gasteiger partial charge in [0.1, 0.15) is 40.2 Å². The van der Waals surface area contributed by atoms with Gasteiger partial charge in [0.15, 0.2) is 10.1 Å². The van der Waals surface area contributed by atoms with Gasteiger partial charge in [-0.3, -0.25) is 14.5 Å². The van der Waals surface area contributed by atoms with Gasteiger partial charge in [-0.2, -0.15) is 0 Å². The summed E-state index contributed by atoms with van der Waals surface area (Å²) in [6.07, 6.45) is 0. The Balaban J connectivity index is 1.20. The molecule has 1 fully saturated rings. The Hall–Kier alpha value is -3.29. The van der Waals surface area contributed by atoms with E-state index in [4.69, 9.17) is 9.15 Å². The maximum absolute atomic E-state index is 12.9. The number of benzene rings is 1. The fourth-order valence-corrected chi connectivity index (χ4v) is 7.54. The number of carbonyl (C=O) groups is 3. The first-order valence-corrected chi connectivity index (χ1v) is 14.5. The Morgan fingerprint density at radius 3 is 2.66 bits per heavy atom. The molecule has 2 N–H and O–H groups in total. The molecule has 0 bridgehead atoms. The maximum atomic E-state index is 12.9. The molecule has 0 radical (unpaired) electrons. The third kappa shape index (κ3) is 5.45. The number of hydrogen-bond acceptors (Lipinski definition) is 10. The Labute approximate surface area is 230 Å². The van der Waals surface area contributed by atoms with Crippen molar-refractivity contribution in [1.29, 1.82) is 0 Å². The molecule has 4 heterocycles. The zero-order valence-electron chi connectivity index (χ0n) is 20.7. The second kappa shape index (κ2) is 10.8. The number of nitrogens with zero attached hydrogens (tertiary/aromatic N) is 3. The van der Waals surface area contributed by atoms with Gasteiger partial charge in [-0.15, -0.1) is 22.0 Å². The Bertz CT molecular complexity index is 1430. The smallest absolute Gasteiger partial charge is 0.352 e. The molecule has 0 unspecified atom stereocenters. The van der Waals surface area contributed by atoms with Crippen LogP contribution in [0.2, 0.25) is 0 Å². The predicted molar refractivity (Wildman–Crippen MR) is 143 cm³/mol. The summed E-state index contributed by atoms with van der Waals surface area (Å²) in [7, 11) is 0. The van der Waals surface area contributed by atoms with Crippen LogP contribution < -0.4 is 10.1 Å². The molecule has 2 atom stereocenters. The van der Waals surface area contributed by atoms with E-state index in [-0.39, 0.29) is 18.1 Å². The van der Waals surface area contributed by atoms with E-state index in [2.05, 4.69) is 15.5 Å². The number of aryl methyl sites for hydroxylation is 3. The molecule has 1 saturated heterocycles. The fourth-order valence-electron chi connectivity index (χ4n) is 4.24. The molecule has 0 saturated carbocycles. The third-order valence-corrected chi connectivity index (χ3v) is 9.27. The summed E-state index contributed by atoms with van der Waals surface area (Å²) >= 11 is 4.24. The highest BCUT2D eigenvalue weighted by atomic mass is 32.2. The summed E-state index contributed by atoms with van der Waals surface area (Å²) in [6.45, 7) is 5.97. The van der Waals surface area contributed by atoms with Crippen LogP contribution in [-0.4, -0.2) is 60.9 Å². The van der Waals surface area contributed by atoms with E-state index >= 15 is 0 Å². The fraction of sp³-hybridized carbons (Fsp3) is 0.320. The zero-order valence-corrected chi connectivity index (χ0v) is 23.2. The lowest BCUT2D eigenvalue weighted by Gasteiger charge is -2.49. The van der Waals surface area contributed by atoms with Crippen molar-refractivity contribution in [3.8, 4) is 5.75 Å². The first-order valence-electron chi connectivity index (χ1n) is 11.6. The van der Waals surface area contributed by atoms with Crippen LogP contribution >= 0.6 is 34.9 Å². The molecule has 0 spiro atoms. The average Bonchev–Trinajstić information content (AvgIpc) is 3.52. The number of carboxylic acids is 1. The second-order valence-corrected chi connectivity index (χ2v) is 12.4. The van der Waals surface area contributed by atoms with Crippen LogP contribution in [-0.2, 0) is 16.2 Å². The number of rotatable bonds is 9. The van der Waals surface area contributed by atoms with E-state index in [1.165, 1.54) is 45.8 Å². The average molecular weight is 573 g/mol. The molecule has 3 aromatic rings. The lowest BCUT2D eigenvalue weighted by Crippen LogP contribution is -2.70. The number of furan rings is 1. The lowest BCUT2D eigenvalue weighted by molar-refractivity contribution is -0.148. The largest absolute Gasteiger partial charge is 0.486 e. The number of β-lactam (4-membered cyclic amide) rings is 1. The summed E-state index contributed by atoms with van der Waals surface area (Å²) in [5.41, 5.74) is 2.77. The van der Waals surface area contributed by atoms with Crippen LogP contribution in [0.4, 0.5) is 0 Å². The van der Waals surface area contributed by atoms with Gasteiger partial charge < -0.3 is 19.6 Å². The van der Waals surface area contributed by atoms with Crippen molar-refractivity contribution in [2.75, 3.05) is 11.5 Å². The molecular formula is C25H24N4O6S3. The highest BCUT2D eigenvalue weighted by molar-refractivity contribution is 8.01. The second-order valence-electron chi connectivity index (χ2n) is 8.87. The van der Waals surface area contributed by atoms with Gasteiger partial charge in [-0.05, 0) is 61.7 Å². The molecule has 1 aromatic carbocycles. The molecule has 10 nitrogen and oxygen atoms in total. The number of carboxylic acid groups (broad SMARTS) is 1. The van der Waals surface area contributed by atoms with E-state index in [1.54, 1.807) is 6.07 Å². The minimum Gasteiger partial charge on any atom is -0.486 e. The summed E-state index contributed by atoms with van der Waals surface area (Å²) in [4.78, 5) is 39.1. The van der Waals surface area contributed by atoms with Gasteiger partial charge in [0.25, 0.3) is 11.8 Å². The van der Waals surface area contributed by atoms with Crippen molar-refractivity contribution in [3.05, 3.63) is 69.3 Å². The zero-order chi connectivity index (χ0) is 27.0.